The van der Waals surface area contributed by atoms with Crippen LogP contribution in [-0.2, 0) is 0 Å². The molecule has 0 amide bonds. The summed E-state index contributed by atoms with van der Waals surface area (Å²) in [5, 5.41) is 29.1. The molecule has 1 aromatic heterocycles. The van der Waals surface area contributed by atoms with Crippen LogP contribution in [0.3, 0.4) is 0 Å². The third-order valence-electron chi connectivity index (χ3n) is 3.89. The Morgan fingerprint density at radius 1 is 0.880 bits per heavy atom. The van der Waals surface area contributed by atoms with Crippen LogP contribution < -0.4 is 9.47 Å². The fourth-order valence-electron chi connectivity index (χ4n) is 2.58. The average molecular weight is 342 g/mol. The van der Waals surface area contributed by atoms with Gasteiger partial charge in [-0.2, -0.15) is 0 Å². The number of imidazole rings is 1. The van der Waals surface area contributed by atoms with Gasteiger partial charge in [0.25, 0.3) is 0 Å². The van der Waals surface area contributed by atoms with Gasteiger partial charge in [0.05, 0.1) is 19.9 Å². The molecule has 3 rings (SSSR count). The summed E-state index contributed by atoms with van der Waals surface area (Å²) >= 11 is 0. The molecular formula is C18H18N2O5. The molecule has 0 fully saturated rings. The largest absolute Gasteiger partial charge is 0.504 e. The van der Waals surface area contributed by atoms with Crippen LogP contribution >= 0.6 is 0 Å². The van der Waals surface area contributed by atoms with Gasteiger partial charge < -0.3 is 29.8 Å². The molecule has 0 spiro atoms. The quantitative estimate of drug-likeness (QED) is 0.542. The first-order chi connectivity index (χ1) is 11.9. The normalized spacial score (nSPS) is 10.7. The monoisotopic (exact) mass is 342 g/mol. The summed E-state index contributed by atoms with van der Waals surface area (Å²) in [5.74, 6) is 0.599. The Morgan fingerprint density at radius 3 is 2.08 bits per heavy atom. The van der Waals surface area contributed by atoms with Crippen molar-refractivity contribution >= 4 is 0 Å². The number of nitrogens with zero attached hydrogens (tertiary/aromatic N) is 1. The molecular weight excluding hydrogens is 324 g/mol. The smallest absolute Gasteiger partial charge is 0.200 e. The number of aryl methyl sites for hydroxylation is 1. The van der Waals surface area contributed by atoms with Crippen molar-refractivity contribution in [1.29, 1.82) is 0 Å². The van der Waals surface area contributed by atoms with Gasteiger partial charge in [-0.15, -0.1) is 0 Å². The van der Waals surface area contributed by atoms with Crippen molar-refractivity contribution in [3.05, 3.63) is 36.0 Å². The van der Waals surface area contributed by atoms with E-state index in [1.165, 1.54) is 26.4 Å². The molecule has 0 saturated heterocycles. The van der Waals surface area contributed by atoms with E-state index in [-0.39, 0.29) is 28.7 Å². The van der Waals surface area contributed by atoms with Gasteiger partial charge in [0.1, 0.15) is 5.82 Å². The van der Waals surface area contributed by atoms with E-state index in [0.29, 0.717) is 22.6 Å². The van der Waals surface area contributed by atoms with Crippen molar-refractivity contribution < 1.29 is 24.8 Å². The highest BCUT2D eigenvalue weighted by Crippen LogP contribution is 2.41. The molecule has 4 N–H and O–H groups in total. The number of nitrogens with one attached hydrogen (secondary N) is 1. The maximum absolute atomic E-state index is 10.0. The predicted octanol–water partition coefficient (Wildman–Crippen LogP) is 3.19. The summed E-state index contributed by atoms with van der Waals surface area (Å²) in [4.78, 5) is 7.71. The molecule has 1 heterocycles. The molecule has 0 bridgehead atoms. The topological polar surface area (TPSA) is 108 Å². The molecule has 0 aliphatic carbocycles. The van der Waals surface area contributed by atoms with Crippen LogP contribution in [0.25, 0.3) is 22.6 Å². The van der Waals surface area contributed by atoms with Gasteiger partial charge in [-0.05, 0) is 37.3 Å². The summed E-state index contributed by atoms with van der Waals surface area (Å²) < 4.78 is 10.4. The lowest BCUT2D eigenvalue weighted by Crippen LogP contribution is -1.91. The molecule has 2 aromatic carbocycles. The van der Waals surface area contributed by atoms with Crippen molar-refractivity contribution in [2.24, 2.45) is 0 Å². The number of phenols is 3. The van der Waals surface area contributed by atoms with Crippen LogP contribution in [0.1, 0.15) is 5.69 Å². The van der Waals surface area contributed by atoms with E-state index in [9.17, 15) is 15.3 Å². The molecule has 0 atom stereocenters. The van der Waals surface area contributed by atoms with Crippen LogP contribution in [0.2, 0.25) is 0 Å². The zero-order chi connectivity index (χ0) is 18.1. The number of methoxy groups -OCH3 is 2. The molecule has 7 nitrogen and oxygen atoms in total. The number of aromatic amines is 1. The first-order valence-electron chi connectivity index (χ1n) is 7.49. The van der Waals surface area contributed by atoms with Gasteiger partial charge >= 0.3 is 0 Å². The maximum Gasteiger partial charge on any atom is 0.200 e. The Labute approximate surface area is 144 Å². The Morgan fingerprint density at radius 2 is 1.52 bits per heavy atom. The highest BCUT2D eigenvalue weighted by molar-refractivity contribution is 5.73. The van der Waals surface area contributed by atoms with Crippen molar-refractivity contribution in [3.63, 3.8) is 0 Å². The Kier molecular flexibility index (Phi) is 4.14. The molecule has 0 radical (unpaired) electrons. The van der Waals surface area contributed by atoms with Crippen molar-refractivity contribution in [1.82, 2.24) is 9.97 Å². The van der Waals surface area contributed by atoms with E-state index in [4.69, 9.17) is 9.47 Å². The Balaban J connectivity index is 2.10. The van der Waals surface area contributed by atoms with E-state index >= 15 is 0 Å². The molecule has 0 unspecified atom stereocenters. The van der Waals surface area contributed by atoms with Crippen LogP contribution in [0.4, 0.5) is 0 Å². The van der Waals surface area contributed by atoms with Crippen LogP contribution in [0, 0.1) is 6.92 Å². The van der Waals surface area contributed by atoms with Gasteiger partial charge in [0, 0.05) is 16.8 Å². The number of rotatable bonds is 4. The van der Waals surface area contributed by atoms with Crippen LogP contribution in [-0.4, -0.2) is 39.5 Å². The minimum atomic E-state index is -0.221. The average Bonchev–Trinajstić information content (AvgIpc) is 2.99. The summed E-state index contributed by atoms with van der Waals surface area (Å²) in [6.07, 6.45) is 0. The standard InChI is InChI=1S/C18H18N2O5/c1-9-16(11-7-14(24-2)17(23)15(8-11)25-3)20-18(19-9)10-4-5-12(21)13(22)6-10/h4-8,21-23H,1-3H3,(H,19,20). The van der Waals surface area contributed by atoms with Crippen LogP contribution in [0.5, 0.6) is 28.7 Å². The highest BCUT2D eigenvalue weighted by Gasteiger charge is 2.17. The molecule has 0 aliphatic heterocycles. The third kappa shape index (κ3) is 2.91. The van der Waals surface area contributed by atoms with Gasteiger partial charge in [0.15, 0.2) is 23.0 Å². The number of benzene rings is 2. The first kappa shape index (κ1) is 16.5. The second kappa shape index (κ2) is 6.27. The van der Waals surface area contributed by atoms with E-state index in [2.05, 4.69) is 9.97 Å². The summed E-state index contributed by atoms with van der Waals surface area (Å²) in [6.45, 7) is 1.86. The second-order valence-corrected chi connectivity index (χ2v) is 5.49. The van der Waals surface area contributed by atoms with E-state index < -0.39 is 0 Å². The number of hydrogen-bond acceptors (Lipinski definition) is 6. The minimum Gasteiger partial charge on any atom is -0.504 e. The third-order valence-corrected chi connectivity index (χ3v) is 3.89. The van der Waals surface area contributed by atoms with Crippen LogP contribution in [0.15, 0.2) is 30.3 Å². The van der Waals surface area contributed by atoms with Crippen molar-refractivity contribution in [2.45, 2.75) is 6.92 Å². The maximum atomic E-state index is 10.0. The summed E-state index contributed by atoms with van der Waals surface area (Å²) in [6, 6.07) is 7.80. The highest BCUT2D eigenvalue weighted by atomic mass is 16.5. The zero-order valence-electron chi connectivity index (χ0n) is 14.0. The molecule has 7 heteroatoms. The fourth-order valence-corrected chi connectivity index (χ4v) is 2.58. The fraction of sp³-hybridized carbons (Fsp3) is 0.167. The Hall–Kier alpha value is -3.35. The number of aromatic hydroxyl groups is 3. The van der Waals surface area contributed by atoms with Crippen molar-refractivity contribution in [3.8, 4) is 51.4 Å². The van der Waals surface area contributed by atoms with Crippen molar-refractivity contribution in [2.75, 3.05) is 14.2 Å². The molecule has 25 heavy (non-hydrogen) atoms. The lowest BCUT2D eigenvalue weighted by atomic mass is 10.1. The predicted molar refractivity (Wildman–Crippen MR) is 92.3 cm³/mol. The zero-order valence-corrected chi connectivity index (χ0v) is 14.0. The van der Waals surface area contributed by atoms with E-state index in [1.807, 2.05) is 6.92 Å². The minimum absolute atomic E-state index is 0.0781. The molecule has 130 valence electrons. The second-order valence-electron chi connectivity index (χ2n) is 5.49. The molecule has 0 saturated carbocycles. The number of phenolic OH excluding ortho intramolecular Hbond substituents is 3. The summed E-state index contributed by atoms with van der Waals surface area (Å²) in [7, 11) is 2.92. The lowest BCUT2D eigenvalue weighted by Gasteiger charge is -2.10. The first-order valence-corrected chi connectivity index (χ1v) is 7.49. The van der Waals surface area contributed by atoms with Gasteiger partial charge in [-0.3, -0.25) is 0 Å². The SMILES string of the molecule is COc1cc(-c2nc(-c3ccc(O)c(O)c3)[nH]c2C)cc(OC)c1O. The number of H-pyrrole nitrogens is 1. The van der Waals surface area contributed by atoms with Gasteiger partial charge in [-0.25, -0.2) is 4.98 Å². The van der Waals surface area contributed by atoms with E-state index in [0.717, 1.165) is 5.69 Å². The molecule has 3 aromatic rings. The lowest BCUT2D eigenvalue weighted by molar-refractivity contribution is 0.340. The summed E-state index contributed by atoms with van der Waals surface area (Å²) in [5.41, 5.74) is 2.77. The Bertz CT molecular complexity index is 908. The molecule has 0 aliphatic rings. The van der Waals surface area contributed by atoms with E-state index in [1.54, 1.807) is 18.2 Å². The van der Waals surface area contributed by atoms with Gasteiger partial charge in [0.2, 0.25) is 5.75 Å². The number of hydrogen-bond donors (Lipinski definition) is 4. The number of aromatic nitrogens is 2. The number of ether oxygens (including phenoxy) is 2. The van der Waals surface area contributed by atoms with Gasteiger partial charge in [-0.1, -0.05) is 0 Å².